The maximum Gasteiger partial charge on any atom is 0.109 e. The van der Waals surface area contributed by atoms with E-state index >= 15 is 0 Å². The SMILES string of the molecule is CNC1CCCN(C(C)c2nccs2)C1.Cl. The summed E-state index contributed by atoms with van der Waals surface area (Å²) >= 11 is 1.76. The predicted molar refractivity (Wildman–Crippen MR) is 71.4 cm³/mol. The standard InChI is InChI=1S/C11H19N3S.ClH/c1-9(11-13-5-7-15-11)14-6-3-4-10(8-14)12-2;/h5,7,9-10,12H,3-4,6,8H2,1-2H3;1H. The van der Waals surface area contributed by atoms with E-state index in [1.54, 1.807) is 11.3 Å². The van der Waals surface area contributed by atoms with Crippen molar-refractivity contribution in [1.82, 2.24) is 15.2 Å². The largest absolute Gasteiger partial charge is 0.316 e. The maximum absolute atomic E-state index is 4.40. The molecule has 3 nitrogen and oxygen atoms in total. The quantitative estimate of drug-likeness (QED) is 0.905. The molecule has 2 unspecified atom stereocenters. The lowest BCUT2D eigenvalue weighted by Crippen LogP contribution is -2.45. The minimum Gasteiger partial charge on any atom is -0.316 e. The Morgan fingerprint density at radius 2 is 2.44 bits per heavy atom. The molecule has 1 fully saturated rings. The Balaban J connectivity index is 0.00000128. The van der Waals surface area contributed by atoms with E-state index in [9.17, 15) is 0 Å². The van der Waals surface area contributed by atoms with Crippen molar-refractivity contribution in [2.75, 3.05) is 20.1 Å². The Bertz CT molecular complexity index is 291. The average Bonchev–Trinajstić information content (AvgIpc) is 2.81. The van der Waals surface area contributed by atoms with E-state index in [-0.39, 0.29) is 12.4 Å². The average molecular weight is 262 g/mol. The van der Waals surface area contributed by atoms with Gasteiger partial charge >= 0.3 is 0 Å². The van der Waals surface area contributed by atoms with Crippen molar-refractivity contribution in [3.05, 3.63) is 16.6 Å². The molecule has 0 aromatic carbocycles. The van der Waals surface area contributed by atoms with Crippen LogP contribution in [0, 0.1) is 0 Å². The second-order valence-electron chi connectivity index (χ2n) is 4.17. The van der Waals surface area contributed by atoms with Gasteiger partial charge in [-0.1, -0.05) is 0 Å². The van der Waals surface area contributed by atoms with Crippen molar-refractivity contribution < 1.29 is 0 Å². The van der Waals surface area contributed by atoms with E-state index in [2.05, 4.69) is 34.6 Å². The summed E-state index contributed by atoms with van der Waals surface area (Å²) in [5, 5.41) is 6.68. The van der Waals surface area contributed by atoms with Crippen LogP contribution in [0.2, 0.25) is 0 Å². The number of nitrogens with zero attached hydrogens (tertiary/aromatic N) is 2. The number of hydrogen-bond donors (Lipinski definition) is 1. The van der Waals surface area contributed by atoms with Crippen LogP contribution in [0.1, 0.15) is 30.8 Å². The number of thiazole rings is 1. The number of hydrogen-bond acceptors (Lipinski definition) is 4. The number of nitrogens with one attached hydrogen (secondary N) is 1. The molecular formula is C11H20ClN3S. The number of halogens is 1. The lowest BCUT2D eigenvalue weighted by molar-refractivity contribution is 0.149. The molecule has 2 heterocycles. The minimum atomic E-state index is 0. The molecule has 2 rings (SSSR count). The monoisotopic (exact) mass is 261 g/mol. The van der Waals surface area contributed by atoms with Crippen molar-refractivity contribution in [1.29, 1.82) is 0 Å². The maximum atomic E-state index is 4.40. The Kier molecular flexibility index (Phi) is 5.69. The molecule has 92 valence electrons. The molecule has 0 bridgehead atoms. The Labute approximate surface area is 108 Å². The lowest BCUT2D eigenvalue weighted by Gasteiger charge is -2.35. The first-order valence-electron chi connectivity index (χ1n) is 5.62. The molecule has 0 spiro atoms. The Morgan fingerprint density at radius 3 is 3.06 bits per heavy atom. The fourth-order valence-corrected chi connectivity index (χ4v) is 2.92. The van der Waals surface area contributed by atoms with Gasteiger partial charge in [0.1, 0.15) is 5.01 Å². The van der Waals surface area contributed by atoms with Crippen LogP contribution >= 0.6 is 23.7 Å². The molecule has 1 saturated heterocycles. The van der Waals surface area contributed by atoms with Crippen LogP contribution in [-0.2, 0) is 0 Å². The Hall–Kier alpha value is -0.160. The van der Waals surface area contributed by atoms with Gasteiger partial charge in [0.2, 0.25) is 0 Å². The van der Waals surface area contributed by atoms with Crippen molar-refractivity contribution >= 4 is 23.7 Å². The number of likely N-dealkylation sites (tertiary alicyclic amines) is 1. The summed E-state index contributed by atoms with van der Waals surface area (Å²) in [4.78, 5) is 6.93. The van der Waals surface area contributed by atoms with Crippen molar-refractivity contribution in [3.8, 4) is 0 Å². The van der Waals surface area contributed by atoms with Gasteiger partial charge < -0.3 is 5.32 Å². The van der Waals surface area contributed by atoms with Gasteiger partial charge in [0.25, 0.3) is 0 Å². The zero-order valence-corrected chi connectivity index (χ0v) is 11.5. The van der Waals surface area contributed by atoms with E-state index in [1.165, 1.54) is 24.4 Å². The third kappa shape index (κ3) is 3.17. The first-order chi connectivity index (χ1) is 7.31. The van der Waals surface area contributed by atoms with Gasteiger partial charge in [-0.05, 0) is 33.4 Å². The highest BCUT2D eigenvalue weighted by atomic mass is 35.5. The number of likely N-dealkylation sites (N-methyl/N-ethyl adjacent to an activating group) is 1. The van der Waals surface area contributed by atoms with Crippen LogP contribution in [0.5, 0.6) is 0 Å². The van der Waals surface area contributed by atoms with Gasteiger partial charge in [0, 0.05) is 24.2 Å². The third-order valence-electron chi connectivity index (χ3n) is 3.22. The highest BCUT2D eigenvalue weighted by Gasteiger charge is 2.24. The highest BCUT2D eigenvalue weighted by molar-refractivity contribution is 7.09. The normalized spacial score (nSPS) is 23.8. The molecule has 0 radical (unpaired) electrons. The van der Waals surface area contributed by atoms with Gasteiger partial charge in [-0.3, -0.25) is 4.90 Å². The fraction of sp³-hybridized carbons (Fsp3) is 0.727. The third-order valence-corrected chi connectivity index (χ3v) is 4.16. The molecular weight excluding hydrogens is 242 g/mol. The molecule has 16 heavy (non-hydrogen) atoms. The van der Waals surface area contributed by atoms with Crippen LogP contribution in [-0.4, -0.2) is 36.1 Å². The smallest absolute Gasteiger partial charge is 0.109 e. The first kappa shape index (κ1) is 13.9. The lowest BCUT2D eigenvalue weighted by atomic mass is 10.0. The summed E-state index contributed by atoms with van der Waals surface area (Å²) in [6, 6.07) is 1.13. The molecule has 0 amide bonds. The summed E-state index contributed by atoms with van der Waals surface area (Å²) in [6.45, 7) is 4.62. The number of piperidine rings is 1. The zero-order chi connectivity index (χ0) is 10.7. The fourth-order valence-electron chi connectivity index (χ4n) is 2.19. The summed E-state index contributed by atoms with van der Waals surface area (Å²) in [5.74, 6) is 0. The molecule has 0 aliphatic carbocycles. The van der Waals surface area contributed by atoms with Gasteiger partial charge in [0.15, 0.2) is 0 Å². The van der Waals surface area contributed by atoms with E-state index in [0.717, 1.165) is 6.54 Å². The van der Waals surface area contributed by atoms with Crippen LogP contribution in [0.3, 0.4) is 0 Å². The van der Waals surface area contributed by atoms with Gasteiger partial charge in [-0.15, -0.1) is 23.7 Å². The molecule has 5 heteroatoms. The predicted octanol–water partition coefficient (Wildman–Crippen LogP) is 2.31. The summed E-state index contributed by atoms with van der Waals surface area (Å²) < 4.78 is 0. The number of rotatable bonds is 3. The zero-order valence-electron chi connectivity index (χ0n) is 9.85. The topological polar surface area (TPSA) is 28.2 Å². The summed E-state index contributed by atoms with van der Waals surface area (Å²) in [5.41, 5.74) is 0. The second-order valence-corrected chi connectivity index (χ2v) is 5.10. The summed E-state index contributed by atoms with van der Waals surface area (Å²) in [6.07, 6.45) is 4.49. The van der Waals surface area contributed by atoms with Gasteiger partial charge in [-0.25, -0.2) is 4.98 Å². The van der Waals surface area contributed by atoms with Crippen LogP contribution in [0.4, 0.5) is 0 Å². The Morgan fingerprint density at radius 1 is 1.62 bits per heavy atom. The van der Waals surface area contributed by atoms with E-state index in [4.69, 9.17) is 0 Å². The first-order valence-corrected chi connectivity index (χ1v) is 6.50. The molecule has 1 aromatic rings. The molecule has 1 aliphatic rings. The summed E-state index contributed by atoms with van der Waals surface area (Å²) in [7, 11) is 2.06. The van der Waals surface area contributed by atoms with E-state index < -0.39 is 0 Å². The minimum absolute atomic E-state index is 0. The molecule has 0 saturated carbocycles. The van der Waals surface area contributed by atoms with Crippen LogP contribution in [0.25, 0.3) is 0 Å². The van der Waals surface area contributed by atoms with Crippen molar-refractivity contribution in [2.45, 2.75) is 31.8 Å². The molecule has 1 aromatic heterocycles. The van der Waals surface area contributed by atoms with Crippen LogP contribution in [0.15, 0.2) is 11.6 Å². The number of aromatic nitrogens is 1. The van der Waals surface area contributed by atoms with Crippen LogP contribution < -0.4 is 5.32 Å². The highest BCUT2D eigenvalue weighted by Crippen LogP contribution is 2.25. The van der Waals surface area contributed by atoms with Crippen molar-refractivity contribution in [3.63, 3.8) is 0 Å². The molecule has 1 N–H and O–H groups in total. The van der Waals surface area contributed by atoms with E-state index in [1.807, 2.05) is 6.20 Å². The second kappa shape index (κ2) is 6.55. The molecule has 2 atom stereocenters. The van der Waals surface area contributed by atoms with E-state index in [0.29, 0.717) is 12.1 Å². The van der Waals surface area contributed by atoms with Gasteiger partial charge in [0.05, 0.1) is 6.04 Å². The molecule has 1 aliphatic heterocycles. The van der Waals surface area contributed by atoms with Gasteiger partial charge in [-0.2, -0.15) is 0 Å². The van der Waals surface area contributed by atoms with Crippen molar-refractivity contribution in [2.24, 2.45) is 0 Å².